The molecule has 0 heterocycles. The maximum Gasteiger partial charge on any atom is 0.249 e. The van der Waals surface area contributed by atoms with E-state index in [1.165, 1.54) is 6.07 Å². The first kappa shape index (κ1) is 9.45. The van der Waals surface area contributed by atoms with Gasteiger partial charge in [0.05, 0.1) is 12.8 Å². The molecule has 0 saturated carbocycles. The van der Waals surface area contributed by atoms with E-state index >= 15 is 0 Å². The van der Waals surface area contributed by atoms with Crippen molar-refractivity contribution >= 4 is 11.4 Å². The fraction of sp³-hybridized carbons (Fsp3) is 0.0909. The Hall–Kier alpha value is -2.10. The molecule has 0 aliphatic carbocycles. The number of methoxy groups -OCH3 is 1. The van der Waals surface area contributed by atoms with Crippen LogP contribution in [0.2, 0.25) is 0 Å². The maximum atomic E-state index is 11.0. The second-order valence-corrected chi connectivity index (χ2v) is 3.10. The van der Waals surface area contributed by atoms with Crippen LogP contribution in [0.15, 0.2) is 39.9 Å². The van der Waals surface area contributed by atoms with Crippen molar-refractivity contribution < 1.29 is 4.74 Å². The molecule has 0 aromatic heterocycles. The number of hydrogen-bond acceptors (Lipinski definition) is 4. The van der Waals surface area contributed by atoms with Crippen molar-refractivity contribution in [2.24, 2.45) is 0 Å². The Morgan fingerprint density at radius 2 is 1.80 bits per heavy atom. The van der Waals surface area contributed by atoms with Crippen LogP contribution in [-0.4, -0.2) is 7.11 Å². The number of rotatable bonds is 3. The summed E-state index contributed by atoms with van der Waals surface area (Å²) in [6.07, 6.45) is 0. The summed E-state index contributed by atoms with van der Waals surface area (Å²) in [6, 6.07) is 8.37. The molecule has 1 N–H and O–H groups in total. The smallest absolute Gasteiger partial charge is 0.249 e. The minimum atomic E-state index is -0.467. The first-order valence-corrected chi connectivity index (χ1v) is 4.42. The van der Waals surface area contributed by atoms with Gasteiger partial charge in [0.25, 0.3) is 0 Å². The van der Waals surface area contributed by atoms with Crippen LogP contribution < -0.4 is 20.9 Å². The average Bonchev–Trinajstić information content (AvgIpc) is 2.29. The summed E-state index contributed by atoms with van der Waals surface area (Å²) in [7, 11) is 1.58. The van der Waals surface area contributed by atoms with Gasteiger partial charge in [0.1, 0.15) is 5.75 Å². The van der Waals surface area contributed by atoms with E-state index < -0.39 is 10.9 Å². The van der Waals surface area contributed by atoms with Crippen molar-refractivity contribution in [2.45, 2.75) is 0 Å². The summed E-state index contributed by atoms with van der Waals surface area (Å²) in [5.74, 6) is 0.741. The summed E-state index contributed by atoms with van der Waals surface area (Å²) in [6.45, 7) is 0. The van der Waals surface area contributed by atoms with E-state index in [9.17, 15) is 9.59 Å². The van der Waals surface area contributed by atoms with Crippen molar-refractivity contribution in [1.29, 1.82) is 0 Å². The number of anilines is 2. The second kappa shape index (κ2) is 3.57. The monoisotopic (exact) mass is 203 g/mol. The van der Waals surface area contributed by atoms with Gasteiger partial charge < -0.3 is 10.1 Å². The van der Waals surface area contributed by atoms with E-state index in [0.29, 0.717) is 5.69 Å². The Labute approximate surface area is 85.8 Å². The minimum absolute atomic E-state index is 0.338. The van der Waals surface area contributed by atoms with Gasteiger partial charge in [-0.3, -0.25) is 9.59 Å². The molecule has 2 rings (SSSR count). The summed E-state index contributed by atoms with van der Waals surface area (Å²) >= 11 is 0. The van der Waals surface area contributed by atoms with E-state index in [1.807, 2.05) is 0 Å². The van der Waals surface area contributed by atoms with Crippen molar-refractivity contribution in [3.63, 3.8) is 0 Å². The number of ether oxygens (including phenoxy) is 1. The third-order valence-corrected chi connectivity index (χ3v) is 2.11. The van der Waals surface area contributed by atoms with Gasteiger partial charge in [-0.2, -0.15) is 0 Å². The Balaban J connectivity index is 2.16. The van der Waals surface area contributed by atoms with E-state index in [0.717, 1.165) is 11.4 Å². The van der Waals surface area contributed by atoms with Crippen LogP contribution in [-0.2, 0) is 0 Å². The van der Waals surface area contributed by atoms with Crippen molar-refractivity contribution in [3.05, 3.63) is 50.8 Å². The van der Waals surface area contributed by atoms with Crippen LogP contribution in [0.25, 0.3) is 0 Å². The molecule has 2 aromatic rings. The van der Waals surface area contributed by atoms with Gasteiger partial charge in [0.2, 0.25) is 10.9 Å². The van der Waals surface area contributed by atoms with E-state index in [4.69, 9.17) is 4.74 Å². The second-order valence-electron chi connectivity index (χ2n) is 3.10. The van der Waals surface area contributed by atoms with Crippen LogP contribution >= 0.6 is 0 Å². The highest BCUT2D eigenvalue weighted by atomic mass is 16.5. The molecule has 4 heteroatoms. The number of nitrogens with one attached hydrogen (secondary N) is 1. The molecule has 0 atom stereocenters. The molecular formula is C11H9NO3. The Morgan fingerprint density at radius 1 is 1.13 bits per heavy atom. The zero-order chi connectivity index (χ0) is 10.8. The molecule has 0 aliphatic heterocycles. The lowest BCUT2D eigenvalue weighted by molar-refractivity contribution is 0.415. The third kappa shape index (κ3) is 1.74. The highest BCUT2D eigenvalue weighted by Crippen LogP contribution is 2.17. The fourth-order valence-corrected chi connectivity index (χ4v) is 1.24. The molecule has 0 amide bonds. The van der Waals surface area contributed by atoms with Gasteiger partial charge in [-0.05, 0) is 24.3 Å². The van der Waals surface area contributed by atoms with E-state index in [1.54, 1.807) is 31.4 Å². The molecule has 76 valence electrons. The molecular weight excluding hydrogens is 194 g/mol. The molecule has 0 spiro atoms. The van der Waals surface area contributed by atoms with Gasteiger partial charge in [-0.25, -0.2) is 0 Å². The molecule has 15 heavy (non-hydrogen) atoms. The molecule has 0 saturated heterocycles. The Bertz CT molecular complexity index is 535. The van der Waals surface area contributed by atoms with Crippen LogP contribution in [0.4, 0.5) is 11.4 Å². The molecule has 4 nitrogen and oxygen atoms in total. The van der Waals surface area contributed by atoms with Crippen molar-refractivity contribution in [1.82, 2.24) is 0 Å². The first-order valence-electron chi connectivity index (χ1n) is 4.42. The van der Waals surface area contributed by atoms with Crippen molar-refractivity contribution in [3.8, 4) is 5.75 Å². The third-order valence-electron chi connectivity index (χ3n) is 2.11. The summed E-state index contributed by atoms with van der Waals surface area (Å²) < 4.78 is 4.99. The highest BCUT2D eigenvalue weighted by molar-refractivity contribution is 5.61. The molecule has 0 fully saturated rings. The van der Waals surface area contributed by atoms with Gasteiger partial charge in [-0.15, -0.1) is 0 Å². The molecule has 0 radical (unpaired) electrons. The summed E-state index contributed by atoms with van der Waals surface area (Å²) in [5.41, 5.74) is 0.171. The quantitative estimate of drug-likeness (QED) is 0.757. The summed E-state index contributed by atoms with van der Waals surface area (Å²) in [5, 5.41) is 2.85. The lowest BCUT2D eigenvalue weighted by Gasteiger charge is -2.06. The van der Waals surface area contributed by atoms with Gasteiger partial charge in [0, 0.05) is 11.8 Å². The zero-order valence-corrected chi connectivity index (χ0v) is 8.11. The van der Waals surface area contributed by atoms with E-state index in [2.05, 4.69) is 5.32 Å². The highest BCUT2D eigenvalue weighted by Gasteiger charge is 2.08. The topological polar surface area (TPSA) is 55.4 Å². The molecule has 0 aliphatic rings. The Kier molecular flexibility index (Phi) is 2.25. The lowest BCUT2D eigenvalue weighted by Crippen LogP contribution is -2.31. The van der Waals surface area contributed by atoms with Crippen LogP contribution in [0.1, 0.15) is 0 Å². The van der Waals surface area contributed by atoms with Gasteiger partial charge in [0.15, 0.2) is 0 Å². The number of hydrogen-bond donors (Lipinski definition) is 1. The van der Waals surface area contributed by atoms with Gasteiger partial charge >= 0.3 is 0 Å². The lowest BCUT2D eigenvalue weighted by atomic mass is 10.2. The van der Waals surface area contributed by atoms with Crippen LogP contribution in [0.3, 0.4) is 0 Å². The molecule has 0 bridgehead atoms. The molecule has 0 unspecified atom stereocenters. The maximum absolute atomic E-state index is 11.0. The minimum Gasteiger partial charge on any atom is -0.497 e. The largest absolute Gasteiger partial charge is 0.497 e. The van der Waals surface area contributed by atoms with E-state index in [-0.39, 0.29) is 0 Å². The number of benzene rings is 1. The summed E-state index contributed by atoms with van der Waals surface area (Å²) in [4.78, 5) is 21.6. The normalized spacial score (nSPS) is 10.2. The fourth-order valence-electron chi connectivity index (χ4n) is 1.24. The van der Waals surface area contributed by atoms with Crippen molar-refractivity contribution in [2.75, 3.05) is 12.4 Å². The molecule has 2 aromatic carbocycles. The standard InChI is InChI=1S/C11H9NO3/c1-15-8-4-2-7(3-5-8)12-9-6-10(13)11(9)14/h2-6,12H,1H3. The predicted octanol–water partition coefficient (Wildman–Crippen LogP) is 1.03. The average molecular weight is 203 g/mol. The van der Waals surface area contributed by atoms with Gasteiger partial charge in [-0.1, -0.05) is 0 Å². The SMILES string of the molecule is COc1ccc(Nc2cc(=O)c2=O)cc1. The predicted molar refractivity (Wildman–Crippen MR) is 57.6 cm³/mol. The van der Waals surface area contributed by atoms with Crippen LogP contribution in [0.5, 0.6) is 5.75 Å². The first-order chi connectivity index (χ1) is 7.20. The Morgan fingerprint density at radius 3 is 2.27 bits per heavy atom. The zero-order valence-electron chi connectivity index (χ0n) is 8.11. The van der Waals surface area contributed by atoms with Crippen LogP contribution in [0, 0.1) is 0 Å².